The van der Waals surface area contributed by atoms with Crippen molar-refractivity contribution >= 4 is 5.82 Å². The highest BCUT2D eigenvalue weighted by Crippen LogP contribution is 2.26. The molecule has 0 amide bonds. The number of aromatic nitrogens is 1. The summed E-state index contributed by atoms with van der Waals surface area (Å²) >= 11 is 0. The third-order valence-electron chi connectivity index (χ3n) is 3.96. The van der Waals surface area contributed by atoms with Crippen LogP contribution in [-0.2, 0) is 4.74 Å². The van der Waals surface area contributed by atoms with Crippen LogP contribution in [0.1, 0.15) is 31.0 Å². The van der Waals surface area contributed by atoms with Crippen molar-refractivity contribution in [2.45, 2.75) is 39.0 Å². The number of anilines is 1. The number of nitrogens with one attached hydrogen (secondary N) is 1. The Bertz CT molecular complexity index is 449. The molecule has 3 N–H and O–H groups in total. The highest BCUT2D eigenvalue weighted by atomic mass is 16.5. The first-order chi connectivity index (χ1) is 9.52. The van der Waals surface area contributed by atoms with Crippen LogP contribution < -0.4 is 11.1 Å². The normalized spacial score (nSPS) is 22.1. The van der Waals surface area contributed by atoms with E-state index in [-0.39, 0.29) is 12.1 Å². The van der Waals surface area contributed by atoms with E-state index in [1.807, 2.05) is 14.0 Å². The SMILES string of the molecule is CNC(c1cc(C)cnc1N)C1CN(C(C)C)CCO1. The molecule has 1 fully saturated rings. The number of pyridine rings is 1. The molecule has 5 nitrogen and oxygen atoms in total. The van der Waals surface area contributed by atoms with Crippen LogP contribution in [0.2, 0.25) is 0 Å². The van der Waals surface area contributed by atoms with Crippen LogP contribution in [-0.4, -0.2) is 48.8 Å². The summed E-state index contributed by atoms with van der Waals surface area (Å²) in [4.78, 5) is 6.71. The summed E-state index contributed by atoms with van der Waals surface area (Å²) < 4.78 is 5.97. The Morgan fingerprint density at radius 1 is 1.50 bits per heavy atom. The van der Waals surface area contributed by atoms with Gasteiger partial charge in [-0.25, -0.2) is 4.98 Å². The number of nitrogen functional groups attached to an aromatic ring is 1. The van der Waals surface area contributed by atoms with Gasteiger partial charge in [-0.1, -0.05) is 0 Å². The van der Waals surface area contributed by atoms with E-state index in [9.17, 15) is 0 Å². The molecule has 0 radical (unpaired) electrons. The summed E-state index contributed by atoms with van der Waals surface area (Å²) in [6.07, 6.45) is 1.90. The predicted molar refractivity (Wildman–Crippen MR) is 81.6 cm³/mol. The maximum absolute atomic E-state index is 6.05. The molecule has 2 rings (SSSR count). The first-order valence-electron chi connectivity index (χ1n) is 7.28. The van der Waals surface area contributed by atoms with Gasteiger partial charge in [0.25, 0.3) is 0 Å². The number of hydrogen-bond donors (Lipinski definition) is 2. The summed E-state index contributed by atoms with van der Waals surface area (Å²) in [5.41, 5.74) is 8.19. The minimum Gasteiger partial charge on any atom is -0.383 e. The van der Waals surface area contributed by atoms with Gasteiger partial charge in [-0.2, -0.15) is 0 Å². The summed E-state index contributed by atoms with van der Waals surface area (Å²) in [7, 11) is 1.95. The second-order valence-corrected chi connectivity index (χ2v) is 5.75. The Labute approximate surface area is 121 Å². The van der Waals surface area contributed by atoms with Gasteiger partial charge < -0.3 is 15.8 Å². The first-order valence-corrected chi connectivity index (χ1v) is 7.28. The molecule has 1 aliphatic heterocycles. The molecule has 5 heteroatoms. The van der Waals surface area contributed by atoms with Gasteiger partial charge in [0.15, 0.2) is 0 Å². The quantitative estimate of drug-likeness (QED) is 0.870. The molecule has 112 valence electrons. The van der Waals surface area contributed by atoms with Crippen molar-refractivity contribution in [3.63, 3.8) is 0 Å². The first kappa shape index (κ1) is 15.2. The molecule has 0 spiro atoms. The fourth-order valence-electron chi connectivity index (χ4n) is 2.76. The van der Waals surface area contributed by atoms with E-state index in [1.54, 1.807) is 6.20 Å². The van der Waals surface area contributed by atoms with Gasteiger partial charge in [0, 0.05) is 30.9 Å². The van der Waals surface area contributed by atoms with Gasteiger partial charge in [-0.05, 0) is 39.4 Å². The highest BCUT2D eigenvalue weighted by molar-refractivity contribution is 5.43. The summed E-state index contributed by atoms with van der Waals surface area (Å²) in [6, 6.07) is 2.71. The average Bonchev–Trinajstić information content (AvgIpc) is 2.44. The Hall–Kier alpha value is -1.17. The number of rotatable bonds is 4. The van der Waals surface area contributed by atoms with Crippen molar-refractivity contribution < 1.29 is 4.74 Å². The lowest BCUT2D eigenvalue weighted by Gasteiger charge is -2.39. The lowest BCUT2D eigenvalue weighted by molar-refractivity contribution is -0.0549. The van der Waals surface area contributed by atoms with E-state index in [1.165, 1.54) is 0 Å². The van der Waals surface area contributed by atoms with Crippen molar-refractivity contribution in [2.75, 3.05) is 32.5 Å². The second kappa shape index (κ2) is 6.52. The van der Waals surface area contributed by atoms with E-state index in [0.29, 0.717) is 11.9 Å². The zero-order valence-corrected chi connectivity index (χ0v) is 12.9. The van der Waals surface area contributed by atoms with Gasteiger partial charge in [0.2, 0.25) is 0 Å². The molecule has 0 bridgehead atoms. The van der Waals surface area contributed by atoms with E-state index < -0.39 is 0 Å². The van der Waals surface area contributed by atoms with Crippen molar-refractivity contribution in [1.82, 2.24) is 15.2 Å². The van der Waals surface area contributed by atoms with Gasteiger partial charge >= 0.3 is 0 Å². The number of nitrogens with two attached hydrogens (primary N) is 1. The van der Waals surface area contributed by atoms with E-state index in [4.69, 9.17) is 10.5 Å². The Morgan fingerprint density at radius 3 is 2.90 bits per heavy atom. The van der Waals surface area contributed by atoms with Crippen LogP contribution in [0.4, 0.5) is 5.82 Å². The molecule has 0 aliphatic carbocycles. The summed E-state index contributed by atoms with van der Waals surface area (Å²) in [5, 5.41) is 3.34. The molecule has 1 aliphatic rings. The molecule has 2 atom stereocenters. The molecule has 2 heterocycles. The number of hydrogen-bond acceptors (Lipinski definition) is 5. The van der Waals surface area contributed by atoms with Gasteiger partial charge in [-0.3, -0.25) is 4.90 Å². The van der Waals surface area contributed by atoms with Crippen LogP contribution >= 0.6 is 0 Å². The average molecular weight is 278 g/mol. The smallest absolute Gasteiger partial charge is 0.128 e. The van der Waals surface area contributed by atoms with Gasteiger partial charge in [0.05, 0.1) is 18.8 Å². The fourth-order valence-corrected chi connectivity index (χ4v) is 2.76. The fraction of sp³-hybridized carbons (Fsp3) is 0.667. The molecule has 1 aromatic heterocycles. The Morgan fingerprint density at radius 2 is 2.25 bits per heavy atom. The van der Waals surface area contributed by atoms with Crippen LogP contribution in [0, 0.1) is 6.92 Å². The third kappa shape index (κ3) is 3.29. The van der Waals surface area contributed by atoms with Crippen LogP contribution in [0.5, 0.6) is 0 Å². The third-order valence-corrected chi connectivity index (χ3v) is 3.96. The summed E-state index contributed by atoms with van der Waals surface area (Å²) in [6.45, 7) is 9.15. The maximum atomic E-state index is 6.05. The number of morpholine rings is 1. The maximum Gasteiger partial charge on any atom is 0.128 e. The number of ether oxygens (including phenoxy) is 1. The highest BCUT2D eigenvalue weighted by Gasteiger charge is 2.30. The largest absolute Gasteiger partial charge is 0.383 e. The topological polar surface area (TPSA) is 63.4 Å². The van der Waals surface area contributed by atoms with Crippen molar-refractivity contribution in [2.24, 2.45) is 0 Å². The molecule has 0 aromatic carbocycles. The van der Waals surface area contributed by atoms with Crippen molar-refractivity contribution in [3.8, 4) is 0 Å². The minimum atomic E-state index is 0.0731. The number of aryl methyl sites for hydroxylation is 1. The molecule has 20 heavy (non-hydrogen) atoms. The molecule has 1 saturated heterocycles. The van der Waals surface area contributed by atoms with E-state index in [2.05, 4.69) is 35.1 Å². The number of likely N-dealkylation sites (N-methyl/N-ethyl adjacent to an activating group) is 1. The van der Waals surface area contributed by atoms with Crippen LogP contribution in [0.25, 0.3) is 0 Å². The lowest BCUT2D eigenvalue weighted by Crippen LogP contribution is -2.50. The van der Waals surface area contributed by atoms with E-state index >= 15 is 0 Å². The molecular formula is C15H26N4O. The lowest BCUT2D eigenvalue weighted by atomic mass is 9.99. The molecular weight excluding hydrogens is 252 g/mol. The predicted octanol–water partition coefficient (Wildman–Crippen LogP) is 1.34. The van der Waals surface area contributed by atoms with Crippen molar-refractivity contribution in [3.05, 3.63) is 23.4 Å². The molecule has 1 aromatic rings. The van der Waals surface area contributed by atoms with Gasteiger partial charge in [0.1, 0.15) is 5.82 Å². The van der Waals surface area contributed by atoms with Crippen LogP contribution in [0.3, 0.4) is 0 Å². The summed E-state index contributed by atoms with van der Waals surface area (Å²) in [5.74, 6) is 0.584. The second-order valence-electron chi connectivity index (χ2n) is 5.75. The Kier molecular flexibility index (Phi) is 4.96. The molecule has 0 saturated carbocycles. The molecule has 2 unspecified atom stereocenters. The Balaban J connectivity index is 2.21. The van der Waals surface area contributed by atoms with E-state index in [0.717, 1.165) is 30.8 Å². The standard InChI is InChI=1S/C15H26N4O/c1-10(2)19-5-6-20-13(9-19)14(17-4)12-7-11(3)8-18-15(12)16/h7-8,10,13-14,17H,5-6,9H2,1-4H3,(H2,16,18). The zero-order chi connectivity index (χ0) is 14.7. The zero-order valence-electron chi connectivity index (χ0n) is 12.9. The van der Waals surface area contributed by atoms with Gasteiger partial charge in [-0.15, -0.1) is 0 Å². The van der Waals surface area contributed by atoms with Crippen molar-refractivity contribution in [1.29, 1.82) is 0 Å². The minimum absolute atomic E-state index is 0.0731. The van der Waals surface area contributed by atoms with Crippen LogP contribution in [0.15, 0.2) is 12.3 Å². The monoisotopic (exact) mass is 278 g/mol. The number of nitrogens with zero attached hydrogens (tertiary/aromatic N) is 2.